The maximum absolute atomic E-state index is 14.4. The van der Waals surface area contributed by atoms with Gasteiger partial charge in [0.2, 0.25) is 11.8 Å². The highest BCUT2D eigenvalue weighted by atomic mass is 19.4. The van der Waals surface area contributed by atoms with Gasteiger partial charge in [0.15, 0.2) is 0 Å². The van der Waals surface area contributed by atoms with E-state index in [1.165, 1.54) is 31.6 Å². The Balaban J connectivity index is 1.31. The van der Waals surface area contributed by atoms with Gasteiger partial charge in [0.1, 0.15) is 34.5 Å². The predicted octanol–water partition coefficient (Wildman–Crippen LogP) is 6.21. The minimum atomic E-state index is -4.98. The van der Waals surface area contributed by atoms with Crippen molar-refractivity contribution in [3.05, 3.63) is 102 Å². The van der Waals surface area contributed by atoms with Crippen molar-refractivity contribution < 1.29 is 37.0 Å². The number of pyridine rings is 1. The van der Waals surface area contributed by atoms with Crippen LogP contribution >= 0.6 is 0 Å². The molecule has 1 aliphatic rings. The molecule has 2 amide bonds. The van der Waals surface area contributed by atoms with Crippen molar-refractivity contribution in [2.24, 2.45) is 11.7 Å². The largest absolute Gasteiger partial charge is 0.457 e. The lowest BCUT2D eigenvalue weighted by Gasteiger charge is -2.19. The molecule has 6 rings (SSSR count). The summed E-state index contributed by atoms with van der Waals surface area (Å²) in [4.78, 5) is 45.6. The number of esters is 1. The number of benzene rings is 3. The molecule has 13 heteroatoms. The summed E-state index contributed by atoms with van der Waals surface area (Å²) in [5.41, 5.74) is 3.35. The van der Waals surface area contributed by atoms with Gasteiger partial charge >= 0.3 is 12.1 Å². The molecule has 3 aromatic carbocycles. The Morgan fingerprint density at radius 3 is 2.44 bits per heavy atom. The normalized spacial score (nSPS) is 13.0. The molecule has 1 aliphatic carbocycles. The number of nitrogens with zero attached hydrogens (tertiary/aromatic N) is 3. The first-order chi connectivity index (χ1) is 21.5. The van der Waals surface area contributed by atoms with Crippen molar-refractivity contribution in [2.45, 2.75) is 25.9 Å². The molecule has 3 N–H and O–H groups in total. The second-order valence-electron chi connectivity index (χ2n) is 10.4. The van der Waals surface area contributed by atoms with Gasteiger partial charge in [0.05, 0.1) is 11.3 Å². The van der Waals surface area contributed by atoms with E-state index in [2.05, 4.69) is 15.3 Å². The summed E-state index contributed by atoms with van der Waals surface area (Å²) in [5.74, 6) is -1.71. The molecule has 0 aliphatic heterocycles. The molecule has 0 bridgehead atoms. The molecule has 0 radical (unpaired) electrons. The highest BCUT2D eigenvalue weighted by Gasteiger charge is 2.40. The summed E-state index contributed by atoms with van der Waals surface area (Å²) in [6.45, 7) is 1.48. The van der Waals surface area contributed by atoms with Gasteiger partial charge in [-0.1, -0.05) is 12.1 Å². The fraction of sp³-hybridized carbons (Fsp3) is 0.156. The number of nitrogens with two attached hydrogens (primary N) is 1. The first-order valence-electron chi connectivity index (χ1n) is 13.7. The van der Waals surface area contributed by atoms with Crippen LogP contribution in [0.15, 0.2) is 79.3 Å². The average Bonchev–Trinajstić information content (AvgIpc) is 3.76. The molecule has 0 spiro atoms. The molecular weight excluding hydrogens is 591 g/mol. The van der Waals surface area contributed by atoms with E-state index in [4.69, 9.17) is 15.2 Å². The molecule has 2 heterocycles. The van der Waals surface area contributed by atoms with Crippen LogP contribution in [0.25, 0.3) is 16.5 Å². The molecule has 45 heavy (non-hydrogen) atoms. The van der Waals surface area contributed by atoms with Gasteiger partial charge in [0.25, 0.3) is 0 Å². The van der Waals surface area contributed by atoms with Gasteiger partial charge in [-0.05, 0) is 73.0 Å². The van der Waals surface area contributed by atoms with Crippen molar-refractivity contribution in [3.63, 3.8) is 0 Å². The molecule has 2 aromatic heterocycles. The van der Waals surface area contributed by atoms with Crippen molar-refractivity contribution in [3.8, 4) is 22.9 Å². The Kier molecular flexibility index (Phi) is 7.44. The van der Waals surface area contributed by atoms with Crippen molar-refractivity contribution in [1.29, 1.82) is 0 Å². The van der Waals surface area contributed by atoms with Gasteiger partial charge in [-0.3, -0.25) is 9.59 Å². The van der Waals surface area contributed by atoms with Crippen LogP contribution in [0.1, 0.15) is 44.9 Å². The van der Waals surface area contributed by atoms with Crippen molar-refractivity contribution >= 4 is 34.4 Å². The minimum Gasteiger partial charge on any atom is -0.457 e. The fourth-order valence-corrected chi connectivity index (χ4v) is 4.84. The zero-order chi connectivity index (χ0) is 31.9. The molecule has 0 atom stereocenters. The van der Waals surface area contributed by atoms with E-state index in [1.54, 1.807) is 42.5 Å². The molecule has 1 saturated carbocycles. The van der Waals surface area contributed by atoms with E-state index in [0.717, 1.165) is 29.5 Å². The van der Waals surface area contributed by atoms with Gasteiger partial charge < -0.3 is 25.1 Å². The topological polar surface area (TPSA) is 138 Å². The van der Waals surface area contributed by atoms with E-state index in [0.29, 0.717) is 28.1 Å². The fourth-order valence-electron chi connectivity index (χ4n) is 4.84. The van der Waals surface area contributed by atoms with Gasteiger partial charge in [-0.25, -0.2) is 14.8 Å². The maximum Gasteiger partial charge on any atom is 0.422 e. The molecular formula is C32H24F3N5O5. The number of primary amides is 1. The maximum atomic E-state index is 14.4. The Labute approximate surface area is 253 Å². The number of rotatable bonds is 8. The second-order valence-corrected chi connectivity index (χ2v) is 10.4. The number of carbonyl (C=O) groups excluding carboxylic acids is 3. The summed E-state index contributed by atoms with van der Waals surface area (Å²) < 4.78 is 55.7. The van der Waals surface area contributed by atoms with Crippen LogP contribution in [0, 0.1) is 12.8 Å². The highest BCUT2D eigenvalue weighted by Crippen LogP contribution is 2.42. The number of hydrogen-bond donors (Lipinski definition) is 2. The number of anilines is 1. The van der Waals surface area contributed by atoms with E-state index >= 15 is 0 Å². The number of carbonyl (C=O) groups is 3. The van der Waals surface area contributed by atoms with E-state index in [9.17, 15) is 27.6 Å². The Morgan fingerprint density at radius 1 is 0.978 bits per heavy atom. The third kappa shape index (κ3) is 6.18. The van der Waals surface area contributed by atoms with Crippen molar-refractivity contribution in [1.82, 2.24) is 14.5 Å². The summed E-state index contributed by atoms with van der Waals surface area (Å²) in [6.07, 6.45) is 0.810. The zero-order valence-electron chi connectivity index (χ0n) is 23.6. The first-order valence-corrected chi connectivity index (χ1v) is 13.7. The van der Waals surface area contributed by atoms with Crippen LogP contribution in [0.5, 0.6) is 17.2 Å². The molecule has 0 unspecified atom stereocenters. The van der Waals surface area contributed by atoms with Crippen LogP contribution in [-0.4, -0.2) is 32.3 Å². The lowest BCUT2D eigenvalue weighted by atomic mass is 10.0. The summed E-state index contributed by atoms with van der Waals surface area (Å²) in [5, 5.41) is 3.67. The van der Waals surface area contributed by atoms with Crippen molar-refractivity contribution in [2.75, 3.05) is 5.32 Å². The van der Waals surface area contributed by atoms with E-state index < -0.39 is 35.1 Å². The Morgan fingerprint density at radius 2 is 1.76 bits per heavy atom. The highest BCUT2D eigenvalue weighted by molar-refractivity contribution is 6.06. The van der Waals surface area contributed by atoms with Gasteiger partial charge in [-0.2, -0.15) is 13.2 Å². The summed E-state index contributed by atoms with van der Waals surface area (Å²) >= 11 is 0. The number of halogens is 3. The second kappa shape index (κ2) is 11.4. The molecule has 5 aromatic rings. The standard InChI is InChI=1S/C32H24F3N5O5/c1-17-37-11-12-40(17)25-14-20(29(36)41)15-26(28(25)32(33,34)35)45-31(43)24-4-2-3-19-13-21(7-8-23(19)24)44-22-9-10-38-27(16-22)39-30(42)18-5-6-18/h2-4,7-16,18H,5-6H2,1H3,(H2,36,41)(H,38,39,42). The van der Waals surface area contributed by atoms with Crippen LogP contribution in [-0.2, 0) is 11.0 Å². The third-order valence-electron chi connectivity index (χ3n) is 7.18. The third-order valence-corrected chi connectivity index (χ3v) is 7.18. The van der Waals surface area contributed by atoms with Crippen LogP contribution < -0.4 is 20.5 Å². The monoisotopic (exact) mass is 615 g/mol. The number of ether oxygens (including phenoxy) is 2. The Bertz CT molecular complexity index is 1980. The number of amides is 2. The smallest absolute Gasteiger partial charge is 0.422 e. The molecule has 1 fully saturated rings. The Hall–Kier alpha value is -5.72. The number of aryl methyl sites for hydroxylation is 1. The lowest BCUT2D eigenvalue weighted by molar-refractivity contribution is -0.138. The summed E-state index contributed by atoms with van der Waals surface area (Å²) in [7, 11) is 0. The average molecular weight is 616 g/mol. The number of aromatic nitrogens is 3. The number of hydrogen-bond acceptors (Lipinski definition) is 7. The van der Waals surface area contributed by atoms with Gasteiger partial charge in [0, 0.05) is 36.1 Å². The number of alkyl halides is 3. The van der Waals surface area contributed by atoms with Crippen LogP contribution in [0.3, 0.4) is 0 Å². The van der Waals surface area contributed by atoms with Gasteiger partial charge in [-0.15, -0.1) is 0 Å². The van der Waals surface area contributed by atoms with E-state index in [-0.39, 0.29) is 28.8 Å². The predicted molar refractivity (Wildman–Crippen MR) is 156 cm³/mol. The first kappa shape index (κ1) is 29.4. The quantitative estimate of drug-likeness (QED) is 0.156. The molecule has 10 nitrogen and oxygen atoms in total. The van der Waals surface area contributed by atoms with Crippen LogP contribution in [0.4, 0.5) is 19.0 Å². The zero-order valence-corrected chi connectivity index (χ0v) is 23.6. The summed E-state index contributed by atoms with van der Waals surface area (Å²) in [6, 6.07) is 14.4. The molecule has 0 saturated heterocycles. The number of fused-ring (bicyclic) bond motifs is 1. The lowest BCUT2D eigenvalue weighted by Crippen LogP contribution is -2.20. The van der Waals surface area contributed by atoms with E-state index in [1.807, 2.05) is 0 Å². The molecule has 228 valence electrons. The minimum absolute atomic E-state index is 0.00725. The number of nitrogens with one attached hydrogen (secondary N) is 1. The van der Waals surface area contributed by atoms with Crippen LogP contribution in [0.2, 0.25) is 0 Å². The SMILES string of the molecule is Cc1nccn1-c1cc(C(N)=O)cc(OC(=O)c2cccc3cc(Oc4ccnc(NC(=O)C5CC5)c4)ccc23)c1C(F)(F)F. The number of imidazole rings is 1.